The lowest BCUT2D eigenvalue weighted by molar-refractivity contribution is -0.156. The van der Waals surface area contributed by atoms with E-state index in [1.165, 1.54) is 16.7 Å². The highest BCUT2D eigenvalue weighted by atomic mass is 32.2. The Labute approximate surface area is 165 Å². The molecule has 28 heavy (non-hydrogen) atoms. The van der Waals surface area contributed by atoms with E-state index < -0.39 is 18.0 Å². The van der Waals surface area contributed by atoms with Gasteiger partial charge in [-0.15, -0.1) is 0 Å². The Bertz CT molecular complexity index is 969. The van der Waals surface area contributed by atoms with Crippen LogP contribution in [0.4, 0.5) is 5.69 Å². The van der Waals surface area contributed by atoms with Crippen molar-refractivity contribution in [3.63, 3.8) is 0 Å². The molecule has 1 amide bonds. The largest absolute Gasteiger partial charge is 0.477 e. The molecule has 3 atom stereocenters. The molecule has 0 saturated carbocycles. The van der Waals surface area contributed by atoms with Crippen LogP contribution in [0.2, 0.25) is 0 Å². The number of carbonyl (C=O) groups excluding carboxylic acids is 1. The monoisotopic (exact) mass is 398 g/mol. The van der Waals surface area contributed by atoms with Crippen molar-refractivity contribution in [3.05, 3.63) is 59.8 Å². The molecular formula is C20H18N2O5S. The number of fused-ring (bicyclic) bond motifs is 1. The van der Waals surface area contributed by atoms with E-state index in [1.807, 2.05) is 0 Å². The molecular weight excluding hydrogens is 380 g/mol. The van der Waals surface area contributed by atoms with Gasteiger partial charge in [0.15, 0.2) is 0 Å². The highest BCUT2D eigenvalue weighted by molar-refractivity contribution is 8.09. The number of aliphatic hydroxyl groups is 1. The van der Waals surface area contributed by atoms with Crippen LogP contribution in [-0.2, 0) is 9.59 Å². The molecule has 8 heteroatoms. The summed E-state index contributed by atoms with van der Waals surface area (Å²) in [5.41, 5.74) is 6.94. The Balaban J connectivity index is 1.59. The van der Waals surface area contributed by atoms with Crippen LogP contribution in [0, 0.1) is 5.92 Å². The second-order valence-corrected chi connectivity index (χ2v) is 7.79. The van der Waals surface area contributed by atoms with Crippen LogP contribution in [0.5, 0.6) is 11.5 Å². The average molecular weight is 398 g/mol. The molecule has 0 spiro atoms. The Morgan fingerprint density at radius 1 is 1.14 bits per heavy atom. The molecule has 1 saturated heterocycles. The van der Waals surface area contributed by atoms with Crippen LogP contribution >= 0.6 is 11.8 Å². The van der Waals surface area contributed by atoms with Crippen molar-refractivity contribution in [1.82, 2.24) is 4.90 Å². The van der Waals surface area contributed by atoms with Crippen molar-refractivity contribution >= 4 is 34.2 Å². The van der Waals surface area contributed by atoms with E-state index in [0.29, 0.717) is 27.7 Å². The topological polar surface area (TPSA) is 113 Å². The van der Waals surface area contributed by atoms with E-state index in [-0.39, 0.29) is 17.0 Å². The van der Waals surface area contributed by atoms with Crippen LogP contribution in [0.1, 0.15) is 12.5 Å². The third-order valence-electron chi connectivity index (χ3n) is 4.73. The number of nitrogens with two attached hydrogens (primary N) is 1. The lowest BCUT2D eigenvalue weighted by atomic mass is 9.92. The molecule has 2 aromatic rings. The van der Waals surface area contributed by atoms with E-state index in [9.17, 15) is 19.8 Å². The third-order valence-corrected chi connectivity index (χ3v) is 6.14. The molecule has 0 aromatic heterocycles. The number of β-lactam (4-membered cyclic amide) rings is 1. The van der Waals surface area contributed by atoms with Gasteiger partial charge in [0, 0.05) is 10.6 Å². The van der Waals surface area contributed by atoms with Crippen LogP contribution in [0.25, 0.3) is 4.91 Å². The second kappa shape index (κ2) is 6.88. The number of nitrogen functional groups attached to an aromatic ring is 1. The van der Waals surface area contributed by atoms with Gasteiger partial charge in [-0.05, 0) is 48.9 Å². The van der Waals surface area contributed by atoms with Gasteiger partial charge in [0.25, 0.3) is 0 Å². The molecule has 0 radical (unpaired) electrons. The van der Waals surface area contributed by atoms with Crippen molar-refractivity contribution in [1.29, 1.82) is 0 Å². The summed E-state index contributed by atoms with van der Waals surface area (Å²) in [6.45, 7) is 1.54. The Morgan fingerprint density at radius 2 is 1.71 bits per heavy atom. The van der Waals surface area contributed by atoms with E-state index in [0.717, 1.165) is 0 Å². The highest BCUT2D eigenvalue weighted by Crippen LogP contribution is 2.53. The minimum atomic E-state index is -1.16. The number of carboxylic acid groups (broad SMARTS) is 1. The summed E-state index contributed by atoms with van der Waals surface area (Å²) in [6.07, 6.45) is -0.827. The molecule has 2 aliphatic rings. The van der Waals surface area contributed by atoms with Crippen LogP contribution in [-0.4, -0.2) is 38.5 Å². The highest BCUT2D eigenvalue weighted by Gasteiger charge is 2.57. The van der Waals surface area contributed by atoms with Crippen LogP contribution in [0.3, 0.4) is 0 Å². The fourth-order valence-corrected chi connectivity index (χ4v) is 4.95. The summed E-state index contributed by atoms with van der Waals surface area (Å²) in [7, 11) is 0. The minimum absolute atomic E-state index is 0.0379. The predicted octanol–water partition coefficient (Wildman–Crippen LogP) is 2.73. The fraction of sp³-hybridized carbons (Fsp3) is 0.200. The van der Waals surface area contributed by atoms with Gasteiger partial charge in [0.1, 0.15) is 22.6 Å². The fourth-order valence-electron chi connectivity index (χ4n) is 3.33. The number of aliphatic carboxylic acids is 1. The quantitative estimate of drug-likeness (QED) is 0.524. The van der Waals surface area contributed by atoms with Crippen molar-refractivity contribution in [3.8, 4) is 11.5 Å². The molecule has 4 N–H and O–H groups in total. The first kappa shape index (κ1) is 18.4. The molecule has 0 unspecified atom stereocenters. The number of thioether (sulfide) groups is 1. The average Bonchev–Trinajstić information content (AvgIpc) is 2.99. The number of hydrogen-bond donors (Lipinski definition) is 3. The Morgan fingerprint density at radius 3 is 2.25 bits per heavy atom. The summed E-state index contributed by atoms with van der Waals surface area (Å²) >= 11 is 1.29. The normalized spacial score (nSPS) is 21.9. The number of rotatable bonds is 5. The van der Waals surface area contributed by atoms with E-state index in [2.05, 4.69) is 0 Å². The molecule has 0 bridgehead atoms. The summed E-state index contributed by atoms with van der Waals surface area (Å²) in [5.74, 6) is -0.884. The number of amides is 1. The maximum Gasteiger partial charge on any atom is 0.353 e. The smallest absolute Gasteiger partial charge is 0.353 e. The van der Waals surface area contributed by atoms with E-state index in [1.54, 1.807) is 55.5 Å². The zero-order chi connectivity index (χ0) is 20.0. The van der Waals surface area contributed by atoms with Crippen molar-refractivity contribution in [2.24, 2.45) is 5.92 Å². The number of nitrogens with zero attached hydrogens (tertiary/aromatic N) is 1. The summed E-state index contributed by atoms with van der Waals surface area (Å²) in [4.78, 5) is 25.8. The first-order chi connectivity index (χ1) is 13.4. The molecule has 2 aromatic carbocycles. The Hall–Kier alpha value is -2.97. The third kappa shape index (κ3) is 3.00. The summed E-state index contributed by atoms with van der Waals surface area (Å²) in [5, 5.41) is 19.0. The second-order valence-electron chi connectivity index (χ2n) is 6.66. The number of hydrogen-bond acceptors (Lipinski definition) is 6. The van der Waals surface area contributed by atoms with Gasteiger partial charge in [0.05, 0.1) is 12.0 Å². The molecule has 0 aliphatic carbocycles. The molecule has 2 aliphatic heterocycles. The van der Waals surface area contributed by atoms with Crippen molar-refractivity contribution < 1.29 is 24.5 Å². The van der Waals surface area contributed by atoms with Gasteiger partial charge in [-0.1, -0.05) is 23.9 Å². The number of anilines is 1. The Kier molecular flexibility index (Phi) is 4.52. The lowest BCUT2D eigenvalue weighted by Gasteiger charge is -2.43. The van der Waals surface area contributed by atoms with Crippen molar-refractivity contribution in [2.75, 3.05) is 5.73 Å². The van der Waals surface area contributed by atoms with Gasteiger partial charge in [-0.25, -0.2) is 4.79 Å². The lowest BCUT2D eigenvalue weighted by Crippen LogP contribution is -2.60. The van der Waals surface area contributed by atoms with E-state index in [4.69, 9.17) is 10.5 Å². The zero-order valence-electron chi connectivity index (χ0n) is 14.9. The SMILES string of the molecule is C[C@@H](O)[C@H]1C(=O)N2C(C(=O)O)=C(c3ccc(Oc4ccc(N)cc4)cc3)S[C@H]12. The van der Waals surface area contributed by atoms with E-state index >= 15 is 0 Å². The van der Waals surface area contributed by atoms with Gasteiger partial charge < -0.3 is 20.7 Å². The van der Waals surface area contributed by atoms with Gasteiger partial charge >= 0.3 is 5.97 Å². The molecule has 4 rings (SSSR count). The maximum absolute atomic E-state index is 12.3. The maximum atomic E-state index is 12.3. The number of carboxylic acids is 1. The van der Waals surface area contributed by atoms with Crippen LogP contribution in [0.15, 0.2) is 54.2 Å². The first-order valence-corrected chi connectivity index (χ1v) is 9.54. The number of carbonyl (C=O) groups is 2. The minimum Gasteiger partial charge on any atom is -0.477 e. The summed E-state index contributed by atoms with van der Waals surface area (Å²) in [6, 6.07) is 14.0. The number of benzene rings is 2. The number of ether oxygens (including phenoxy) is 1. The zero-order valence-corrected chi connectivity index (χ0v) is 15.7. The first-order valence-electron chi connectivity index (χ1n) is 8.66. The number of aliphatic hydroxyl groups excluding tert-OH is 1. The van der Waals surface area contributed by atoms with Gasteiger partial charge in [-0.2, -0.15) is 0 Å². The van der Waals surface area contributed by atoms with Gasteiger partial charge in [-0.3, -0.25) is 9.69 Å². The van der Waals surface area contributed by atoms with Gasteiger partial charge in [0.2, 0.25) is 5.91 Å². The van der Waals surface area contributed by atoms with Crippen molar-refractivity contribution in [2.45, 2.75) is 18.4 Å². The van der Waals surface area contributed by atoms with Crippen LogP contribution < -0.4 is 10.5 Å². The molecule has 7 nitrogen and oxygen atoms in total. The summed E-state index contributed by atoms with van der Waals surface area (Å²) < 4.78 is 5.75. The molecule has 1 fully saturated rings. The molecule has 144 valence electrons. The standard InChI is InChI=1S/C20H18N2O5S/c1-10(23)15-18(24)22-16(20(25)26)17(28-19(15)22)11-2-6-13(7-3-11)27-14-8-4-12(21)5-9-14/h2-10,15,19,23H,21H2,1H3,(H,25,26)/t10-,15+,19-/m1/s1. The molecule has 2 heterocycles. The predicted molar refractivity (Wildman–Crippen MR) is 105 cm³/mol.